The highest BCUT2D eigenvalue weighted by Crippen LogP contribution is 2.28. The molecule has 2 aromatic carbocycles. The van der Waals surface area contributed by atoms with Crippen LogP contribution in [0, 0.1) is 5.41 Å². The third-order valence-corrected chi connectivity index (χ3v) is 4.33. The minimum atomic E-state index is -1.41. The van der Waals surface area contributed by atoms with Crippen LogP contribution in [0.5, 0.6) is 5.75 Å². The van der Waals surface area contributed by atoms with Gasteiger partial charge in [0.25, 0.3) is 0 Å². The largest absolute Gasteiger partial charge is 0.489 e. The van der Waals surface area contributed by atoms with Gasteiger partial charge in [-0.05, 0) is 42.8 Å². The molecule has 0 aliphatic carbocycles. The molecule has 0 spiro atoms. The van der Waals surface area contributed by atoms with Crippen LogP contribution in [0.3, 0.4) is 0 Å². The molecule has 2 aromatic rings. The molecule has 1 aliphatic rings. The number of carbonyl (C=O) groups is 2. The Labute approximate surface area is 145 Å². The zero-order valence-electron chi connectivity index (χ0n) is 13.7. The lowest BCUT2D eigenvalue weighted by atomic mass is 9.86. The smallest absolute Gasteiger partial charge is 0.320 e. The van der Waals surface area contributed by atoms with E-state index < -0.39 is 17.3 Å². The molecule has 1 unspecified atom stereocenters. The fourth-order valence-corrected chi connectivity index (χ4v) is 2.84. The first-order chi connectivity index (χ1) is 12.1. The lowest BCUT2D eigenvalue weighted by Crippen LogP contribution is -2.44. The Balaban J connectivity index is 1.67. The van der Waals surface area contributed by atoms with Gasteiger partial charge in [0.05, 0.1) is 0 Å². The SMILES string of the molecule is O=C(O)C1(C(=O)Nc2cccc(COc3ccccc3)c2)CCNC1. The zero-order valence-corrected chi connectivity index (χ0v) is 13.7. The minimum absolute atomic E-state index is 0.144. The van der Waals surface area contributed by atoms with Crippen molar-refractivity contribution in [1.82, 2.24) is 5.32 Å². The Bertz CT molecular complexity index is 755. The normalized spacial score (nSPS) is 19.4. The second-order valence-corrected chi connectivity index (χ2v) is 6.07. The lowest BCUT2D eigenvalue weighted by Gasteiger charge is -2.22. The molecule has 0 saturated carbocycles. The summed E-state index contributed by atoms with van der Waals surface area (Å²) in [4.78, 5) is 24.1. The lowest BCUT2D eigenvalue weighted by molar-refractivity contribution is -0.152. The van der Waals surface area contributed by atoms with Gasteiger partial charge in [-0.2, -0.15) is 0 Å². The Morgan fingerprint density at radius 2 is 1.96 bits per heavy atom. The van der Waals surface area contributed by atoms with Crippen LogP contribution in [0.15, 0.2) is 54.6 Å². The average molecular weight is 340 g/mol. The molecule has 130 valence electrons. The van der Waals surface area contributed by atoms with Crippen LogP contribution in [-0.4, -0.2) is 30.1 Å². The number of aliphatic carboxylic acids is 1. The molecule has 25 heavy (non-hydrogen) atoms. The van der Waals surface area contributed by atoms with Crippen molar-refractivity contribution in [1.29, 1.82) is 0 Å². The molecule has 1 heterocycles. The number of ether oxygens (including phenoxy) is 1. The average Bonchev–Trinajstić information content (AvgIpc) is 3.13. The third-order valence-electron chi connectivity index (χ3n) is 4.33. The van der Waals surface area contributed by atoms with Crippen molar-refractivity contribution in [3.63, 3.8) is 0 Å². The van der Waals surface area contributed by atoms with E-state index in [0.29, 0.717) is 18.8 Å². The van der Waals surface area contributed by atoms with Crippen molar-refractivity contribution in [2.24, 2.45) is 5.41 Å². The predicted molar refractivity (Wildman–Crippen MR) is 93.4 cm³/mol. The predicted octanol–water partition coefficient (Wildman–Crippen LogP) is 2.27. The molecule has 3 rings (SSSR count). The molecule has 0 radical (unpaired) electrons. The number of benzene rings is 2. The second kappa shape index (κ2) is 7.36. The minimum Gasteiger partial charge on any atom is -0.489 e. The summed E-state index contributed by atoms with van der Waals surface area (Å²) >= 11 is 0. The van der Waals surface area contributed by atoms with E-state index in [1.165, 1.54) is 0 Å². The van der Waals surface area contributed by atoms with E-state index in [4.69, 9.17) is 4.74 Å². The van der Waals surface area contributed by atoms with Gasteiger partial charge < -0.3 is 20.5 Å². The van der Waals surface area contributed by atoms with Gasteiger partial charge in [0.1, 0.15) is 12.4 Å². The maximum Gasteiger partial charge on any atom is 0.320 e. The molecular formula is C19H20N2O4. The van der Waals surface area contributed by atoms with E-state index in [2.05, 4.69) is 10.6 Å². The first-order valence-corrected chi connectivity index (χ1v) is 8.12. The van der Waals surface area contributed by atoms with Gasteiger partial charge in [0, 0.05) is 12.2 Å². The Morgan fingerprint density at radius 3 is 2.64 bits per heavy atom. The molecule has 1 fully saturated rings. The summed E-state index contributed by atoms with van der Waals surface area (Å²) in [6.45, 7) is 1.02. The highest BCUT2D eigenvalue weighted by molar-refractivity contribution is 6.09. The Hall–Kier alpha value is -2.86. The summed E-state index contributed by atoms with van der Waals surface area (Å²) in [5.74, 6) is -0.830. The number of anilines is 1. The molecular weight excluding hydrogens is 320 g/mol. The van der Waals surface area contributed by atoms with Crippen LogP contribution in [-0.2, 0) is 16.2 Å². The number of carbonyl (C=O) groups excluding carboxylic acids is 1. The van der Waals surface area contributed by atoms with Gasteiger partial charge in [-0.15, -0.1) is 0 Å². The number of carboxylic acid groups (broad SMARTS) is 1. The molecule has 1 aliphatic heterocycles. The molecule has 1 amide bonds. The van der Waals surface area contributed by atoms with E-state index in [9.17, 15) is 14.7 Å². The first-order valence-electron chi connectivity index (χ1n) is 8.12. The highest BCUT2D eigenvalue weighted by Gasteiger charge is 2.48. The number of carboxylic acids is 1. The number of amides is 1. The molecule has 0 aromatic heterocycles. The quantitative estimate of drug-likeness (QED) is 0.702. The van der Waals surface area contributed by atoms with Crippen molar-refractivity contribution in [2.45, 2.75) is 13.0 Å². The van der Waals surface area contributed by atoms with Crippen LogP contribution in [0.2, 0.25) is 0 Å². The number of hydrogen-bond acceptors (Lipinski definition) is 4. The number of hydrogen-bond donors (Lipinski definition) is 3. The molecule has 0 bridgehead atoms. The third kappa shape index (κ3) is 3.80. The molecule has 3 N–H and O–H groups in total. The topological polar surface area (TPSA) is 87.7 Å². The van der Waals surface area contributed by atoms with Crippen LogP contribution in [0.4, 0.5) is 5.69 Å². The summed E-state index contributed by atoms with van der Waals surface area (Å²) in [6.07, 6.45) is 0.283. The van der Waals surface area contributed by atoms with E-state index in [0.717, 1.165) is 11.3 Å². The zero-order chi connectivity index (χ0) is 17.7. The molecule has 1 atom stereocenters. The van der Waals surface area contributed by atoms with E-state index >= 15 is 0 Å². The standard InChI is InChI=1S/C19H20N2O4/c22-17(19(18(23)24)9-10-20-13-19)21-15-6-4-5-14(11-15)12-25-16-7-2-1-3-8-16/h1-8,11,20H,9-10,12-13H2,(H,21,22)(H,23,24). The van der Waals surface area contributed by atoms with Gasteiger partial charge in [0.15, 0.2) is 5.41 Å². The van der Waals surface area contributed by atoms with Crippen molar-refractivity contribution < 1.29 is 19.4 Å². The summed E-state index contributed by atoms with van der Waals surface area (Å²) in [7, 11) is 0. The number of nitrogens with one attached hydrogen (secondary N) is 2. The van der Waals surface area contributed by atoms with Crippen LogP contribution >= 0.6 is 0 Å². The van der Waals surface area contributed by atoms with Crippen LogP contribution in [0.1, 0.15) is 12.0 Å². The van der Waals surface area contributed by atoms with Crippen molar-refractivity contribution in [2.75, 3.05) is 18.4 Å². The van der Waals surface area contributed by atoms with Crippen molar-refractivity contribution in [3.05, 3.63) is 60.2 Å². The van der Waals surface area contributed by atoms with Gasteiger partial charge in [-0.1, -0.05) is 30.3 Å². The maximum absolute atomic E-state index is 12.5. The van der Waals surface area contributed by atoms with Crippen LogP contribution < -0.4 is 15.4 Å². The van der Waals surface area contributed by atoms with Crippen LogP contribution in [0.25, 0.3) is 0 Å². The molecule has 1 saturated heterocycles. The first kappa shape index (κ1) is 17.0. The van der Waals surface area contributed by atoms with Gasteiger partial charge in [-0.3, -0.25) is 9.59 Å². The van der Waals surface area contributed by atoms with Crippen molar-refractivity contribution >= 4 is 17.6 Å². The Morgan fingerprint density at radius 1 is 1.16 bits per heavy atom. The molecule has 6 heteroatoms. The van der Waals surface area contributed by atoms with Gasteiger partial charge >= 0.3 is 5.97 Å². The summed E-state index contributed by atoms with van der Waals surface area (Å²) < 4.78 is 5.69. The maximum atomic E-state index is 12.5. The van der Waals surface area contributed by atoms with Gasteiger partial charge in [-0.25, -0.2) is 0 Å². The van der Waals surface area contributed by atoms with E-state index in [1.807, 2.05) is 36.4 Å². The molecule has 6 nitrogen and oxygen atoms in total. The number of rotatable bonds is 6. The summed E-state index contributed by atoms with van der Waals surface area (Å²) in [5.41, 5.74) is 0.0403. The van der Waals surface area contributed by atoms with Crippen molar-refractivity contribution in [3.8, 4) is 5.75 Å². The Kier molecular flexibility index (Phi) is 5.00. The van der Waals surface area contributed by atoms with E-state index in [-0.39, 0.29) is 13.0 Å². The number of para-hydroxylation sites is 1. The van der Waals surface area contributed by atoms with Gasteiger partial charge in [0.2, 0.25) is 5.91 Å². The second-order valence-electron chi connectivity index (χ2n) is 6.07. The van der Waals surface area contributed by atoms with E-state index in [1.54, 1.807) is 18.2 Å². The summed E-state index contributed by atoms with van der Waals surface area (Å²) in [6, 6.07) is 16.7. The highest BCUT2D eigenvalue weighted by atomic mass is 16.5. The fraction of sp³-hybridized carbons (Fsp3) is 0.263. The fourth-order valence-electron chi connectivity index (χ4n) is 2.84. The monoisotopic (exact) mass is 340 g/mol. The summed E-state index contributed by atoms with van der Waals surface area (Å²) in [5, 5.41) is 15.1.